The lowest BCUT2D eigenvalue weighted by Gasteiger charge is -2.28. The van der Waals surface area contributed by atoms with E-state index in [-0.39, 0.29) is 0 Å². The third-order valence-electron chi connectivity index (χ3n) is 2.04. The Hall–Kier alpha value is -0.920. The van der Waals surface area contributed by atoms with Crippen molar-refractivity contribution in [3.63, 3.8) is 0 Å². The molecule has 0 aromatic rings. The highest BCUT2D eigenvalue weighted by atomic mass is 15.0. The molecule has 2 N–H and O–H groups in total. The normalized spacial score (nSPS) is 29.6. The topological polar surface area (TPSA) is 24.1 Å². The van der Waals surface area contributed by atoms with Gasteiger partial charge >= 0.3 is 0 Å². The number of piperidine rings is 1. The van der Waals surface area contributed by atoms with Crippen LogP contribution in [0.1, 0.15) is 12.8 Å². The predicted molar refractivity (Wildman–Crippen MR) is 41.4 cm³/mol. The number of allylic oxidation sites excluding steroid dienone is 2. The molecule has 1 fully saturated rings. The zero-order valence-electron chi connectivity index (χ0n) is 5.93. The third kappa shape index (κ3) is 0.897. The number of rotatable bonds is 0. The highest BCUT2D eigenvalue weighted by molar-refractivity contribution is 5.22. The van der Waals surface area contributed by atoms with Crippen molar-refractivity contribution in [1.29, 1.82) is 0 Å². The minimum Gasteiger partial charge on any atom is -0.387 e. The Balaban J connectivity index is 2.14. The maximum Gasteiger partial charge on any atom is 0.0655 e. The molecule has 0 spiro atoms. The molecular formula is C8H12N2. The van der Waals surface area contributed by atoms with E-state index in [2.05, 4.69) is 16.7 Å². The van der Waals surface area contributed by atoms with Gasteiger partial charge in [0.25, 0.3) is 0 Å². The van der Waals surface area contributed by atoms with Gasteiger partial charge in [0, 0.05) is 12.2 Å². The molecule has 0 aromatic carbocycles. The molecule has 0 amide bonds. The molecule has 2 nitrogen and oxygen atoms in total. The molecule has 0 saturated carbocycles. The predicted octanol–water partition coefficient (Wildman–Crippen LogP) is 0.739. The van der Waals surface area contributed by atoms with Gasteiger partial charge in [0.15, 0.2) is 0 Å². The molecular weight excluding hydrogens is 124 g/mol. The fourth-order valence-corrected chi connectivity index (χ4v) is 1.49. The molecule has 0 aliphatic carbocycles. The minimum atomic E-state index is 0.568. The van der Waals surface area contributed by atoms with Gasteiger partial charge in [0.05, 0.1) is 6.04 Å². The molecule has 0 radical (unpaired) electrons. The molecule has 1 unspecified atom stereocenters. The van der Waals surface area contributed by atoms with Gasteiger partial charge in [0.1, 0.15) is 0 Å². The molecule has 0 bridgehead atoms. The number of hydrogen-bond acceptors (Lipinski definition) is 2. The van der Waals surface area contributed by atoms with Crippen LogP contribution in [0, 0.1) is 0 Å². The van der Waals surface area contributed by atoms with Crippen LogP contribution in [-0.2, 0) is 0 Å². The fraction of sp³-hybridized carbons (Fsp3) is 0.500. The van der Waals surface area contributed by atoms with E-state index >= 15 is 0 Å². The van der Waals surface area contributed by atoms with Crippen LogP contribution in [0.25, 0.3) is 0 Å². The van der Waals surface area contributed by atoms with E-state index in [4.69, 9.17) is 0 Å². The molecule has 2 rings (SSSR count). The van der Waals surface area contributed by atoms with Crippen LogP contribution in [0.3, 0.4) is 0 Å². The standard InChI is InChI=1S/C8H12N2/c1-3-7-8(9-5-1)4-2-6-10-7/h1,3,5,8-10H,2,4,6H2. The van der Waals surface area contributed by atoms with Crippen molar-refractivity contribution < 1.29 is 0 Å². The number of dihydropyridines is 1. The van der Waals surface area contributed by atoms with Crippen LogP contribution in [0.4, 0.5) is 0 Å². The SMILES string of the molecule is C1=CNC2CCCNC2=C1. The summed E-state index contributed by atoms with van der Waals surface area (Å²) >= 11 is 0. The lowest BCUT2D eigenvalue weighted by molar-refractivity contribution is 0.480. The lowest BCUT2D eigenvalue weighted by atomic mass is 10.0. The molecule has 1 atom stereocenters. The Morgan fingerprint density at radius 1 is 1.50 bits per heavy atom. The highest BCUT2D eigenvalue weighted by Crippen LogP contribution is 2.13. The van der Waals surface area contributed by atoms with E-state index in [1.165, 1.54) is 18.5 Å². The van der Waals surface area contributed by atoms with Crippen molar-refractivity contribution in [3.8, 4) is 0 Å². The Bertz CT molecular complexity index is 182. The average Bonchev–Trinajstić information content (AvgIpc) is 2.05. The first-order chi connectivity index (χ1) is 4.97. The smallest absolute Gasteiger partial charge is 0.0655 e. The van der Waals surface area contributed by atoms with Gasteiger partial charge in [-0.25, -0.2) is 0 Å². The molecule has 1 saturated heterocycles. The number of fused-ring (bicyclic) bond motifs is 1. The van der Waals surface area contributed by atoms with E-state index in [1.807, 2.05) is 12.3 Å². The Morgan fingerprint density at radius 3 is 3.40 bits per heavy atom. The molecule has 2 aliphatic rings. The number of nitrogens with one attached hydrogen (secondary N) is 2. The van der Waals surface area contributed by atoms with E-state index in [0.29, 0.717) is 6.04 Å². The van der Waals surface area contributed by atoms with Crippen molar-refractivity contribution in [2.24, 2.45) is 0 Å². The molecule has 2 heterocycles. The van der Waals surface area contributed by atoms with E-state index in [1.54, 1.807) is 0 Å². The molecule has 10 heavy (non-hydrogen) atoms. The Morgan fingerprint density at radius 2 is 2.50 bits per heavy atom. The first-order valence-electron chi connectivity index (χ1n) is 3.83. The van der Waals surface area contributed by atoms with Crippen LogP contribution in [0.2, 0.25) is 0 Å². The van der Waals surface area contributed by atoms with Crippen molar-refractivity contribution >= 4 is 0 Å². The minimum absolute atomic E-state index is 0.568. The highest BCUT2D eigenvalue weighted by Gasteiger charge is 2.17. The third-order valence-corrected chi connectivity index (χ3v) is 2.04. The van der Waals surface area contributed by atoms with Crippen LogP contribution in [0.5, 0.6) is 0 Å². The molecule has 2 heteroatoms. The van der Waals surface area contributed by atoms with Crippen LogP contribution < -0.4 is 10.6 Å². The fourth-order valence-electron chi connectivity index (χ4n) is 1.49. The van der Waals surface area contributed by atoms with Crippen LogP contribution >= 0.6 is 0 Å². The van der Waals surface area contributed by atoms with Crippen molar-refractivity contribution in [1.82, 2.24) is 10.6 Å². The van der Waals surface area contributed by atoms with Gasteiger partial charge in [-0.3, -0.25) is 0 Å². The second kappa shape index (κ2) is 2.37. The first kappa shape index (κ1) is 5.83. The quantitative estimate of drug-likeness (QED) is 0.513. The van der Waals surface area contributed by atoms with Gasteiger partial charge in [0.2, 0.25) is 0 Å². The largest absolute Gasteiger partial charge is 0.387 e. The summed E-state index contributed by atoms with van der Waals surface area (Å²) in [5, 5.41) is 6.68. The second-order valence-corrected chi connectivity index (χ2v) is 2.77. The zero-order valence-corrected chi connectivity index (χ0v) is 5.93. The molecule has 54 valence electrons. The molecule has 2 aliphatic heterocycles. The lowest BCUT2D eigenvalue weighted by Crippen LogP contribution is -2.40. The second-order valence-electron chi connectivity index (χ2n) is 2.77. The van der Waals surface area contributed by atoms with Gasteiger partial charge in [-0.1, -0.05) is 0 Å². The van der Waals surface area contributed by atoms with Gasteiger partial charge in [-0.15, -0.1) is 0 Å². The summed E-state index contributed by atoms with van der Waals surface area (Å²) in [5.74, 6) is 0. The van der Waals surface area contributed by atoms with Crippen molar-refractivity contribution in [3.05, 3.63) is 24.0 Å². The summed E-state index contributed by atoms with van der Waals surface area (Å²) in [4.78, 5) is 0. The van der Waals surface area contributed by atoms with Crippen LogP contribution in [-0.4, -0.2) is 12.6 Å². The van der Waals surface area contributed by atoms with Crippen molar-refractivity contribution in [2.75, 3.05) is 6.54 Å². The van der Waals surface area contributed by atoms with Gasteiger partial charge < -0.3 is 10.6 Å². The zero-order chi connectivity index (χ0) is 6.81. The van der Waals surface area contributed by atoms with Crippen molar-refractivity contribution in [2.45, 2.75) is 18.9 Å². The summed E-state index contributed by atoms with van der Waals surface area (Å²) in [5.41, 5.74) is 1.36. The van der Waals surface area contributed by atoms with E-state index in [0.717, 1.165) is 6.54 Å². The van der Waals surface area contributed by atoms with E-state index in [9.17, 15) is 0 Å². The Labute approximate surface area is 61.0 Å². The number of hydrogen-bond donors (Lipinski definition) is 2. The van der Waals surface area contributed by atoms with Gasteiger partial charge in [-0.05, 0) is 31.2 Å². The van der Waals surface area contributed by atoms with Gasteiger partial charge in [-0.2, -0.15) is 0 Å². The summed E-state index contributed by atoms with van der Waals surface area (Å²) < 4.78 is 0. The maximum absolute atomic E-state index is 3.37. The van der Waals surface area contributed by atoms with E-state index < -0.39 is 0 Å². The summed E-state index contributed by atoms with van der Waals surface area (Å²) in [7, 11) is 0. The summed E-state index contributed by atoms with van der Waals surface area (Å²) in [6, 6.07) is 0.568. The average molecular weight is 136 g/mol. The van der Waals surface area contributed by atoms with Crippen LogP contribution in [0.15, 0.2) is 24.0 Å². The molecule has 0 aromatic heterocycles. The maximum atomic E-state index is 3.37. The summed E-state index contributed by atoms with van der Waals surface area (Å²) in [6.07, 6.45) is 8.76. The monoisotopic (exact) mass is 136 g/mol. The first-order valence-corrected chi connectivity index (χ1v) is 3.83. The summed E-state index contributed by atoms with van der Waals surface area (Å²) in [6.45, 7) is 1.14. The Kier molecular flexibility index (Phi) is 1.38.